The van der Waals surface area contributed by atoms with Gasteiger partial charge in [-0.15, -0.1) is 0 Å². The summed E-state index contributed by atoms with van der Waals surface area (Å²) in [6, 6.07) is 3.58. The predicted octanol–water partition coefficient (Wildman–Crippen LogP) is 1.08. The number of rotatable bonds is 0. The van der Waals surface area contributed by atoms with E-state index in [1.54, 1.807) is 4.90 Å². The molecule has 2 aliphatic rings. The molecule has 0 atom stereocenters. The maximum absolute atomic E-state index is 11.8. The van der Waals surface area contributed by atoms with Gasteiger partial charge in [0.1, 0.15) is 0 Å². The summed E-state index contributed by atoms with van der Waals surface area (Å²) < 4.78 is 0. The first-order chi connectivity index (χ1) is 9.71. The van der Waals surface area contributed by atoms with Gasteiger partial charge in [-0.1, -0.05) is 0 Å². The average molecular weight is 271 g/mol. The van der Waals surface area contributed by atoms with E-state index in [-0.39, 0.29) is 11.4 Å². The molecule has 4 N–H and O–H groups in total. The summed E-state index contributed by atoms with van der Waals surface area (Å²) in [4.78, 5) is 13.5. The molecule has 0 radical (unpaired) electrons. The monoisotopic (exact) mass is 271 g/mol. The molecule has 2 aromatic rings. The molecule has 0 unspecified atom stereocenters. The first-order valence-corrected chi connectivity index (χ1v) is 6.96. The van der Waals surface area contributed by atoms with Gasteiger partial charge in [0, 0.05) is 17.3 Å². The molecule has 1 fully saturated rings. The highest BCUT2D eigenvalue weighted by atomic mass is 16.2. The van der Waals surface area contributed by atoms with E-state index in [0.717, 1.165) is 42.5 Å². The molecule has 2 amide bonds. The zero-order valence-corrected chi connectivity index (χ0v) is 11.1. The smallest absolute Gasteiger partial charge is 0.319 e. The first-order valence-electron chi connectivity index (χ1n) is 6.96. The lowest BCUT2D eigenvalue weighted by atomic mass is 9.74. The Morgan fingerprint density at radius 2 is 2.15 bits per heavy atom. The lowest BCUT2D eigenvalue weighted by molar-refractivity contribution is 0.251. The Balaban J connectivity index is 1.98. The molecule has 2 aliphatic heterocycles. The summed E-state index contributed by atoms with van der Waals surface area (Å²) in [5.41, 5.74) is 8.80. The Morgan fingerprint density at radius 3 is 2.90 bits per heavy atom. The quantitative estimate of drug-likeness (QED) is 0.670. The van der Waals surface area contributed by atoms with Crippen molar-refractivity contribution in [3.63, 3.8) is 0 Å². The number of nitrogens with one attached hydrogen (secondary N) is 2. The number of amides is 2. The second-order valence-electron chi connectivity index (χ2n) is 5.75. The van der Waals surface area contributed by atoms with Gasteiger partial charge in [-0.25, -0.2) is 4.79 Å². The van der Waals surface area contributed by atoms with Crippen LogP contribution in [0.2, 0.25) is 0 Å². The number of piperidine rings is 1. The Bertz CT molecular complexity index is 686. The minimum Gasteiger partial charge on any atom is -0.351 e. The van der Waals surface area contributed by atoms with Gasteiger partial charge in [-0.2, -0.15) is 5.10 Å². The molecule has 4 rings (SSSR count). The number of urea groups is 1. The van der Waals surface area contributed by atoms with Gasteiger partial charge >= 0.3 is 6.03 Å². The maximum Gasteiger partial charge on any atom is 0.319 e. The molecule has 0 bridgehead atoms. The number of aromatic amines is 1. The lowest BCUT2D eigenvalue weighted by Gasteiger charge is -2.34. The topological polar surface area (TPSA) is 87.0 Å². The highest BCUT2D eigenvalue weighted by Gasteiger charge is 2.46. The highest BCUT2D eigenvalue weighted by Crippen LogP contribution is 2.48. The summed E-state index contributed by atoms with van der Waals surface area (Å²) in [6.45, 7) is 2.63. The zero-order chi connectivity index (χ0) is 13.7. The van der Waals surface area contributed by atoms with E-state index in [2.05, 4.69) is 15.5 Å². The number of carbonyl (C=O) groups excluding carboxylic acids is 1. The van der Waals surface area contributed by atoms with Crippen LogP contribution < -0.4 is 16.0 Å². The summed E-state index contributed by atoms with van der Waals surface area (Å²) in [7, 11) is 0. The van der Waals surface area contributed by atoms with E-state index in [9.17, 15) is 4.79 Å². The minimum absolute atomic E-state index is 0.0129. The number of H-pyrrole nitrogens is 1. The van der Waals surface area contributed by atoms with Gasteiger partial charge in [-0.05, 0) is 43.6 Å². The zero-order valence-electron chi connectivity index (χ0n) is 11.1. The minimum atomic E-state index is -0.371. The van der Waals surface area contributed by atoms with Crippen molar-refractivity contribution in [2.45, 2.75) is 18.3 Å². The van der Waals surface area contributed by atoms with E-state index in [4.69, 9.17) is 5.73 Å². The summed E-state index contributed by atoms with van der Waals surface area (Å²) >= 11 is 0. The molecule has 104 valence electrons. The fourth-order valence-electron chi connectivity index (χ4n) is 3.77. The van der Waals surface area contributed by atoms with Crippen molar-refractivity contribution in [1.29, 1.82) is 0 Å². The van der Waals surface area contributed by atoms with Crippen LogP contribution >= 0.6 is 0 Å². The Hall–Kier alpha value is -2.08. The molecule has 1 aromatic carbocycles. The third-order valence-corrected chi connectivity index (χ3v) is 4.71. The molecule has 1 aromatic heterocycles. The maximum atomic E-state index is 11.8. The Kier molecular flexibility index (Phi) is 2.32. The number of hydrogen-bond donors (Lipinski definition) is 3. The van der Waals surface area contributed by atoms with Crippen molar-refractivity contribution in [2.24, 2.45) is 5.73 Å². The van der Waals surface area contributed by atoms with E-state index in [0.29, 0.717) is 6.54 Å². The van der Waals surface area contributed by atoms with Crippen LogP contribution in [0.1, 0.15) is 18.4 Å². The molecule has 1 spiro atoms. The van der Waals surface area contributed by atoms with Crippen molar-refractivity contribution in [3.8, 4) is 0 Å². The Morgan fingerprint density at radius 1 is 1.35 bits per heavy atom. The summed E-state index contributed by atoms with van der Waals surface area (Å²) in [6.07, 6.45) is 3.91. The predicted molar refractivity (Wildman–Crippen MR) is 76.8 cm³/mol. The number of benzene rings is 1. The number of primary amides is 1. The van der Waals surface area contributed by atoms with Crippen LogP contribution in [-0.2, 0) is 5.41 Å². The fourth-order valence-corrected chi connectivity index (χ4v) is 3.77. The molecule has 1 saturated heterocycles. The second-order valence-corrected chi connectivity index (χ2v) is 5.75. The van der Waals surface area contributed by atoms with Crippen molar-refractivity contribution in [3.05, 3.63) is 23.9 Å². The van der Waals surface area contributed by atoms with Crippen molar-refractivity contribution in [2.75, 3.05) is 24.5 Å². The van der Waals surface area contributed by atoms with Crippen LogP contribution in [0.25, 0.3) is 10.9 Å². The fraction of sp³-hybridized carbons (Fsp3) is 0.429. The Labute approximate surface area is 116 Å². The molecular weight excluding hydrogens is 254 g/mol. The molecule has 0 saturated carbocycles. The molecule has 20 heavy (non-hydrogen) atoms. The van der Waals surface area contributed by atoms with Gasteiger partial charge in [0.15, 0.2) is 0 Å². The molecular formula is C14H17N5O. The van der Waals surface area contributed by atoms with Crippen molar-refractivity contribution >= 4 is 22.6 Å². The summed E-state index contributed by atoms with van der Waals surface area (Å²) in [5, 5.41) is 11.7. The van der Waals surface area contributed by atoms with Crippen LogP contribution in [0.15, 0.2) is 18.3 Å². The second kappa shape index (κ2) is 3.96. The third-order valence-electron chi connectivity index (χ3n) is 4.71. The largest absolute Gasteiger partial charge is 0.351 e. The van der Waals surface area contributed by atoms with E-state index in [1.807, 2.05) is 18.3 Å². The van der Waals surface area contributed by atoms with Gasteiger partial charge in [0.05, 0.1) is 17.4 Å². The van der Waals surface area contributed by atoms with Crippen molar-refractivity contribution in [1.82, 2.24) is 15.5 Å². The van der Waals surface area contributed by atoms with E-state index < -0.39 is 0 Å². The highest BCUT2D eigenvalue weighted by molar-refractivity contribution is 6.00. The van der Waals surface area contributed by atoms with Crippen LogP contribution in [0.5, 0.6) is 0 Å². The van der Waals surface area contributed by atoms with Gasteiger partial charge < -0.3 is 11.1 Å². The standard InChI is InChI=1S/C14H17N5O/c15-13(20)19-8-14(3-5-16-6-4-14)12-9-7-17-18-10(9)1-2-11(12)19/h1-2,7,16H,3-6,8H2,(H2,15,20)(H,17,18). The van der Waals surface area contributed by atoms with Crippen LogP contribution in [-0.4, -0.2) is 35.9 Å². The SMILES string of the molecule is NC(=O)N1CC2(CCNCC2)c2c1ccc1[nH]ncc21. The summed E-state index contributed by atoms with van der Waals surface area (Å²) in [5.74, 6) is 0. The van der Waals surface area contributed by atoms with Crippen molar-refractivity contribution < 1.29 is 4.79 Å². The molecule has 6 heteroatoms. The number of aromatic nitrogens is 2. The normalized spacial score (nSPS) is 20.5. The first kappa shape index (κ1) is 11.7. The van der Waals surface area contributed by atoms with E-state index in [1.165, 1.54) is 5.56 Å². The number of anilines is 1. The van der Waals surface area contributed by atoms with Crippen LogP contribution in [0, 0.1) is 0 Å². The van der Waals surface area contributed by atoms with Crippen LogP contribution in [0.4, 0.5) is 10.5 Å². The number of hydrogen-bond acceptors (Lipinski definition) is 3. The third kappa shape index (κ3) is 1.42. The molecule has 6 nitrogen and oxygen atoms in total. The molecule has 3 heterocycles. The molecule has 0 aliphatic carbocycles. The number of nitrogens with two attached hydrogens (primary N) is 1. The number of fused-ring (bicyclic) bond motifs is 4. The van der Waals surface area contributed by atoms with Gasteiger partial charge in [-0.3, -0.25) is 10.00 Å². The lowest BCUT2D eigenvalue weighted by Crippen LogP contribution is -2.45. The number of nitrogens with zero attached hydrogens (tertiary/aromatic N) is 2. The van der Waals surface area contributed by atoms with Gasteiger partial charge in [0.25, 0.3) is 0 Å². The number of carbonyl (C=O) groups is 1. The van der Waals surface area contributed by atoms with Crippen LogP contribution in [0.3, 0.4) is 0 Å². The average Bonchev–Trinajstić information content (AvgIpc) is 3.03. The van der Waals surface area contributed by atoms with Gasteiger partial charge in [0.2, 0.25) is 0 Å². The van der Waals surface area contributed by atoms with E-state index >= 15 is 0 Å².